The van der Waals surface area contributed by atoms with Crippen LogP contribution in [-0.4, -0.2) is 36.5 Å². The summed E-state index contributed by atoms with van der Waals surface area (Å²) in [5.74, 6) is 0.972. The highest BCUT2D eigenvalue weighted by Gasteiger charge is 2.23. The van der Waals surface area contributed by atoms with Crippen molar-refractivity contribution in [3.8, 4) is 0 Å². The first kappa shape index (κ1) is 11.5. The minimum atomic E-state index is 0.257. The van der Waals surface area contributed by atoms with Crippen LogP contribution in [0.15, 0.2) is 0 Å². The molecule has 3 heteroatoms. The van der Waals surface area contributed by atoms with Gasteiger partial charge in [0.1, 0.15) is 0 Å². The molecule has 1 aliphatic rings. The molecule has 3 nitrogen and oxygen atoms in total. The lowest BCUT2D eigenvalue weighted by Gasteiger charge is -2.34. The van der Waals surface area contributed by atoms with Gasteiger partial charge in [-0.15, -0.1) is 0 Å². The van der Waals surface area contributed by atoms with Crippen LogP contribution >= 0.6 is 0 Å². The van der Waals surface area contributed by atoms with Gasteiger partial charge in [0.2, 0.25) is 5.91 Å². The lowest BCUT2D eigenvalue weighted by molar-refractivity contribution is -0.134. The average molecular weight is 198 g/mol. The third-order valence-corrected chi connectivity index (χ3v) is 3.10. The van der Waals surface area contributed by atoms with Gasteiger partial charge >= 0.3 is 0 Å². The first-order chi connectivity index (χ1) is 6.65. The number of nitrogens with zero attached hydrogens (tertiary/aromatic N) is 1. The van der Waals surface area contributed by atoms with Gasteiger partial charge in [-0.1, -0.05) is 20.3 Å². The zero-order valence-corrected chi connectivity index (χ0v) is 9.55. The fourth-order valence-electron chi connectivity index (χ4n) is 1.96. The normalized spacial score (nSPS) is 22.2. The van der Waals surface area contributed by atoms with Gasteiger partial charge in [-0.05, 0) is 19.3 Å². The van der Waals surface area contributed by atoms with Crippen LogP contribution in [0.3, 0.4) is 0 Å². The van der Waals surface area contributed by atoms with Gasteiger partial charge < -0.3 is 10.2 Å². The molecule has 1 aliphatic heterocycles. The van der Waals surface area contributed by atoms with Crippen molar-refractivity contribution in [2.75, 3.05) is 19.6 Å². The zero-order valence-electron chi connectivity index (χ0n) is 9.55. The van der Waals surface area contributed by atoms with Crippen molar-refractivity contribution >= 4 is 5.91 Å². The summed E-state index contributed by atoms with van der Waals surface area (Å²) in [6.45, 7) is 8.95. The number of carbonyl (C=O) groups excluding carboxylic acids is 1. The summed E-state index contributed by atoms with van der Waals surface area (Å²) in [5.41, 5.74) is 0. The first-order valence-electron chi connectivity index (χ1n) is 5.65. The highest BCUT2D eigenvalue weighted by molar-refractivity contribution is 5.79. The molecule has 0 aromatic heterocycles. The summed E-state index contributed by atoms with van der Waals surface area (Å²) in [7, 11) is 0. The molecule has 1 amide bonds. The minimum absolute atomic E-state index is 0.257. The van der Waals surface area contributed by atoms with E-state index in [9.17, 15) is 4.79 Å². The highest BCUT2D eigenvalue weighted by Crippen LogP contribution is 2.15. The molecule has 0 bridgehead atoms. The van der Waals surface area contributed by atoms with E-state index >= 15 is 0 Å². The number of piperazine rings is 1. The molecular weight excluding hydrogens is 176 g/mol. The summed E-state index contributed by atoms with van der Waals surface area (Å²) in [6, 6.07) is 0.402. The number of hydrogen-bond donors (Lipinski definition) is 1. The Bertz CT molecular complexity index is 194. The molecule has 1 N–H and O–H groups in total. The number of nitrogens with one attached hydrogen (secondary N) is 1. The quantitative estimate of drug-likeness (QED) is 0.737. The molecule has 82 valence electrons. The second-order valence-electron chi connectivity index (χ2n) is 4.36. The van der Waals surface area contributed by atoms with Crippen molar-refractivity contribution in [3.63, 3.8) is 0 Å². The molecule has 0 radical (unpaired) electrons. The van der Waals surface area contributed by atoms with Gasteiger partial charge in [0.05, 0.1) is 6.54 Å². The predicted octanol–water partition coefficient (Wildman–Crippen LogP) is 1.24. The maximum Gasteiger partial charge on any atom is 0.236 e. The smallest absolute Gasteiger partial charge is 0.236 e. The molecule has 1 saturated heterocycles. The molecule has 1 rings (SSSR count). The van der Waals surface area contributed by atoms with Gasteiger partial charge in [-0.25, -0.2) is 0 Å². The van der Waals surface area contributed by atoms with E-state index in [4.69, 9.17) is 0 Å². The molecule has 2 unspecified atom stereocenters. The zero-order chi connectivity index (χ0) is 10.6. The Hall–Kier alpha value is -0.570. The minimum Gasteiger partial charge on any atom is -0.338 e. The predicted molar refractivity (Wildman–Crippen MR) is 58.1 cm³/mol. The second-order valence-corrected chi connectivity index (χ2v) is 4.36. The lowest BCUT2D eigenvalue weighted by atomic mass is 9.99. The number of hydrogen-bond acceptors (Lipinski definition) is 2. The Morgan fingerprint density at radius 1 is 1.50 bits per heavy atom. The van der Waals surface area contributed by atoms with Crippen LogP contribution in [0.1, 0.15) is 33.6 Å². The molecule has 1 heterocycles. The number of carbonyl (C=O) groups is 1. The van der Waals surface area contributed by atoms with Crippen molar-refractivity contribution in [3.05, 3.63) is 0 Å². The SMILES string of the molecule is CCC(C)CC(C)N1CCNCC1=O. The van der Waals surface area contributed by atoms with Crippen molar-refractivity contribution in [1.82, 2.24) is 10.2 Å². The fraction of sp³-hybridized carbons (Fsp3) is 0.909. The number of rotatable bonds is 4. The molecule has 2 atom stereocenters. The molecule has 0 saturated carbocycles. The molecule has 1 fully saturated rings. The summed E-state index contributed by atoms with van der Waals surface area (Å²) in [4.78, 5) is 13.6. The molecule has 0 aromatic carbocycles. The first-order valence-corrected chi connectivity index (χ1v) is 5.65. The van der Waals surface area contributed by atoms with Crippen LogP contribution < -0.4 is 5.32 Å². The van der Waals surface area contributed by atoms with E-state index in [0.29, 0.717) is 18.5 Å². The van der Waals surface area contributed by atoms with Crippen LogP contribution in [0, 0.1) is 5.92 Å². The molecule has 14 heavy (non-hydrogen) atoms. The van der Waals surface area contributed by atoms with Crippen molar-refractivity contribution in [2.24, 2.45) is 5.92 Å². The van der Waals surface area contributed by atoms with Gasteiger partial charge in [0, 0.05) is 19.1 Å². The maximum atomic E-state index is 11.6. The Balaban J connectivity index is 2.41. The Labute approximate surface area is 86.9 Å². The fourth-order valence-corrected chi connectivity index (χ4v) is 1.96. The van der Waals surface area contributed by atoms with Gasteiger partial charge in [-0.2, -0.15) is 0 Å². The summed E-state index contributed by atoms with van der Waals surface area (Å²) in [6.07, 6.45) is 2.33. The standard InChI is InChI=1S/C11H22N2O/c1-4-9(2)7-10(3)13-6-5-12-8-11(13)14/h9-10,12H,4-8H2,1-3H3. The average Bonchev–Trinajstić information content (AvgIpc) is 2.18. The third kappa shape index (κ3) is 2.98. The van der Waals surface area contributed by atoms with Crippen molar-refractivity contribution in [2.45, 2.75) is 39.7 Å². The monoisotopic (exact) mass is 198 g/mol. The Kier molecular flexibility index (Phi) is 4.39. The molecule has 0 aliphatic carbocycles. The second kappa shape index (κ2) is 5.35. The van der Waals surface area contributed by atoms with E-state index in [2.05, 4.69) is 26.1 Å². The maximum absolute atomic E-state index is 11.6. The van der Waals surface area contributed by atoms with Crippen molar-refractivity contribution < 1.29 is 4.79 Å². The third-order valence-electron chi connectivity index (χ3n) is 3.10. The molecule has 0 spiro atoms. The van der Waals surface area contributed by atoms with E-state index in [-0.39, 0.29) is 5.91 Å². The van der Waals surface area contributed by atoms with Gasteiger partial charge in [0.15, 0.2) is 0 Å². The van der Waals surface area contributed by atoms with E-state index < -0.39 is 0 Å². The Morgan fingerprint density at radius 2 is 2.21 bits per heavy atom. The van der Waals surface area contributed by atoms with E-state index in [0.717, 1.165) is 19.5 Å². The van der Waals surface area contributed by atoms with E-state index in [1.807, 2.05) is 4.90 Å². The largest absolute Gasteiger partial charge is 0.338 e. The molecule has 0 aromatic rings. The van der Waals surface area contributed by atoms with Gasteiger partial charge in [0.25, 0.3) is 0 Å². The lowest BCUT2D eigenvalue weighted by Crippen LogP contribution is -2.51. The van der Waals surface area contributed by atoms with Gasteiger partial charge in [-0.3, -0.25) is 4.79 Å². The Morgan fingerprint density at radius 3 is 2.79 bits per heavy atom. The highest BCUT2D eigenvalue weighted by atomic mass is 16.2. The van der Waals surface area contributed by atoms with Crippen LogP contribution in [0.2, 0.25) is 0 Å². The van der Waals surface area contributed by atoms with Crippen LogP contribution in [0.4, 0.5) is 0 Å². The van der Waals surface area contributed by atoms with Crippen LogP contribution in [0.25, 0.3) is 0 Å². The van der Waals surface area contributed by atoms with E-state index in [1.54, 1.807) is 0 Å². The summed E-state index contributed by atoms with van der Waals surface area (Å²) >= 11 is 0. The van der Waals surface area contributed by atoms with Crippen LogP contribution in [0.5, 0.6) is 0 Å². The van der Waals surface area contributed by atoms with Crippen molar-refractivity contribution in [1.29, 1.82) is 0 Å². The van der Waals surface area contributed by atoms with Crippen LogP contribution in [-0.2, 0) is 4.79 Å². The summed E-state index contributed by atoms with van der Waals surface area (Å²) < 4.78 is 0. The molecular formula is C11H22N2O. The van der Waals surface area contributed by atoms with E-state index in [1.165, 1.54) is 6.42 Å². The number of amides is 1. The topological polar surface area (TPSA) is 32.3 Å². The summed E-state index contributed by atoms with van der Waals surface area (Å²) in [5, 5.41) is 3.10.